The number of nitrogens with zero attached hydrogens (tertiary/aromatic N) is 3. The van der Waals surface area contributed by atoms with Crippen LogP contribution in [0.5, 0.6) is 0 Å². The molecule has 112 valence electrons. The number of benzene rings is 1. The lowest BCUT2D eigenvalue weighted by Gasteiger charge is -2.10. The summed E-state index contributed by atoms with van der Waals surface area (Å²) in [5.41, 5.74) is 2.64. The van der Waals surface area contributed by atoms with Crippen LogP contribution in [0.2, 0.25) is 0 Å². The van der Waals surface area contributed by atoms with Gasteiger partial charge in [-0.15, -0.1) is 0 Å². The fraction of sp³-hybridized carbons (Fsp3) is 0.438. The molecule has 0 atom stereocenters. The van der Waals surface area contributed by atoms with Crippen LogP contribution in [0.25, 0.3) is 0 Å². The first-order valence-electron chi connectivity index (χ1n) is 7.17. The fourth-order valence-electron chi connectivity index (χ4n) is 2.13. The van der Waals surface area contributed by atoms with Crippen molar-refractivity contribution >= 4 is 21.9 Å². The van der Waals surface area contributed by atoms with Gasteiger partial charge in [-0.3, -0.25) is 0 Å². The molecule has 0 saturated carbocycles. The zero-order chi connectivity index (χ0) is 15.4. The summed E-state index contributed by atoms with van der Waals surface area (Å²) >= 11 is 3.66. The second kappa shape index (κ2) is 6.98. The molecule has 0 saturated heterocycles. The predicted molar refractivity (Wildman–Crippen MR) is 89.7 cm³/mol. The van der Waals surface area contributed by atoms with E-state index in [1.54, 1.807) is 0 Å². The Hall–Kier alpha value is -1.49. The van der Waals surface area contributed by atoms with Gasteiger partial charge in [0.05, 0.1) is 0 Å². The van der Waals surface area contributed by atoms with E-state index in [0.29, 0.717) is 11.9 Å². The molecule has 1 aromatic carbocycles. The van der Waals surface area contributed by atoms with E-state index in [0.717, 1.165) is 24.6 Å². The molecular weight excluding hydrogens is 328 g/mol. The van der Waals surface area contributed by atoms with Gasteiger partial charge >= 0.3 is 0 Å². The first-order chi connectivity index (χ1) is 9.95. The molecule has 0 fully saturated rings. The van der Waals surface area contributed by atoms with Crippen molar-refractivity contribution < 1.29 is 0 Å². The predicted octanol–water partition coefficient (Wildman–Crippen LogP) is 4.03. The van der Waals surface area contributed by atoms with Crippen molar-refractivity contribution in [3.63, 3.8) is 0 Å². The molecule has 1 heterocycles. The zero-order valence-electron chi connectivity index (χ0n) is 12.9. The number of rotatable bonds is 5. The number of hydrogen-bond acceptors (Lipinski definition) is 4. The summed E-state index contributed by atoms with van der Waals surface area (Å²) in [5, 5.41) is 3.26. The Balaban J connectivity index is 1.97. The van der Waals surface area contributed by atoms with Crippen LogP contribution < -0.4 is 5.32 Å². The molecule has 0 unspecified atom stereocenters. The van der Waals surface area contributed by atoms with Crippen LogP contribution in [0.1, 0.15) is 42.5 Å². The minimum atomic E-state index is 0.546. The lowest BCUT2D eigenvalue weighted by atomic mass is 10.0. The number of hydrogen-bond donors (Lipinski definition) is 1. The largest absolute Gasteiger partial charge is 0.354 e. The van der Waals surface area contributed by atoms with Crippen LogP contribution in [-0.2, 0) is 6.42 Å². The molecule has 0 aliphatic carbocycles. The van der Waals surface area contributed by atoms with Gasteiger partial charge in [0.1, 0.15) is 11.6 Å². The highest BCUT2D eigenvalue weighted by Gasteiger charge is 2.05. The van der Waals surface area contributed by atoms with Crippen molar-refractivity contribution in [3.05, 3.63) is 45.4 Å². The fourth-order valence-corrected chi connectivity index (χ4v) is 2.72. The molecule has 2 rings (SSSR count). The lowest BCUT2D eigenvalue weighted by Crippen LogP contribution is -2.10. The first kappa shape index (κ1) is 15.9. The van der Waals surface area contributed by atoms with Crippen molar-refractivity contribution in [3.8, 4) is 0 Å². The minimum absolute atomic E-state index is 0.546. The molecule has 1 aromatic heterocycles. The molecule has 4 nitrogen and oxygen atoms in total. The molecule has 5 heteroatoms. The zero-order valence-corrected chi connectivity index (χ0v) is 14.5. The number of nitrogens with one attached hydrogen (secondary N) is 1. The van der Waals surface area contributed by atoms with Crippen molar-refractivity contribution in [2.24, 2.45) is 0 Å². The standard InChI is InChI=1S/C16H21BrN4/c1-10(2)14-6-5-13(15(17)9-14)7-8-18-16-20-11(3)19-12(4)21-16/h5-6,9-10H,7-8H2,1-4H3,(H,18,19,20,21). The van der Waals surface area contributed by atoms with Crippen LogP contribution in [0.4, 0.5) is 5.95 Å². The van der Waals surface area contributed by atoms with Gasteiger partial charge in [0.25, 0.3) is 0 Å². The second-order valence-electron chi connectivity index (χ2n) is 5.44. The van der Waals surface area contributed by atoms with E-state index in [2.05, 4.69) is 68.2 Å². The average molecular weight is 349 g/mol. The van der Waals surface area contributed by atoms with E-state index in [1.807, 2.05) is 13.8 Å². The molecule has 21 heavy (non-hydrogen) atoms. The molecule has 0 bridgehead atoms. The highest BCUT2D eigenvalue weighted by atomic mass is 79.9. The van der Waals surface area contributed by atoms with E-state index in [4.69, 9.17) is 0 Å². The topological polar surface area (TPSA) is 50.7 Å². The molecule has 2 aromatic rings. The van der Waals surface area contributed by atoms with E-state index in [-0.39, 0.29) is 0 Å². The number of anilines is 1. The average Bonchev–Trinajstić information content (AvgIpc) is 2.39. The Labute approximate surface area is 134 Å². The van der Waals surface area contributed by atoms with E-state index >= 15 is 0 Å². The maximum absolute atomic E-state index is 4.28. The third-order valence-electron chi connectivity index (χ3n) is 3.28. The van der Waals surface area contributed by atoms with Gasteiger partial charge in [-0.2, -0.15) is 9.97 Å². The first-order valence-corrected chi connectivity index (χ1v) is 7.96. The maximum atomic E-state index is 4.28. The molecular formula is C16H21BrN4. The summed E-state index contributed by atoms with van der Waals surface area (Å²) in [6.07, 6.45) is 0.919. The molecule has 0 spiro atoms. The maximum Gasteiger partial charge on any atom is 0.226 e. The Morgan fingerprint density at radius 1 is 1.10 bits per heavy atom. The van der Waals surface area contributed by atoms with Crippen molar-refractivity contribution in [1.29, 1.82) is 0 Å². The molecule has 0 aliphatic rings. The summed E-state index contributed by atoms with van der Waals surface area (Å²) in [7, 11) is 0. The Morgan fingerprint density at radius 3 is 2.33 bits per heavy atom. The number of halogens is 1. The molecule has 0 aliphatic heterocycles. The van der Waals surface area contributed by atoms with Gasteiger partial charge in [0.15, 0.2) is 0 Å². The van der Waals surface area contributed by atoms with Gasteiger partial charge in [-0.25, -0.2) is 4.98 Å². The summed E-state index contributed by atoms with van der Waals surface area (Å²) in [4.78, 5) is 12.7. The molecule has 0 amide bonds. The van der Waals surface area contributed by atoms with Crippen LogP contribution in [0.3, 0.4) is 0 Å². The SMILES string of the molecule is Cc1nc(C)nc(NCCc2ccc(C(C)C)cc2Br)n1. The van der Waals surface area contributed by atoms with Gasteiger partial charge in [-0.1, -0.05) is 41.9 Å². The summed E-state index contributed by atoms with van der Waals surface area (Å²) in [6.45, 7) is 8.95. The normalized spacial score (nSPS) is 11.0. The highest BCUT2D eigenvalue weighted by molar-refractivity contribution is 9.10. The Kier molecular flexibility index (Phi) is 5.28. The summed E-state index contributed by atoms with van der Waals surface area (Å²) in [5.74, 6) is 2.68. The Morgan fingerprint density at radius 2 is 1.76 bits per heavy atom. The summed E-state index contributed by atoms with van der Waals surface area (Å²) in [6, 6.07) is 6.59. The smallest absolute Gasteiger partial charge is 0.226 e. The van der Waals surface area contributed by atoms with Gasteiger partial charge < -0.3 is 5.32 Å². The third-order valence-corrected chi connectivity index (χ3v) is 4.02. The monoisotopic (exact) mass is 348 g/mol. The van der Waals surface area contributed by atoms with Gasteiger partial charge in [0, 0.05) is 11.0 Å². The lowest BCUT2D eigenvalue weighted by molar-refractivity contribution is 0.861. The minimum Gasteiger partial charge on any atom is -0.354 e. The van der Waals surface area contributed by atoms with E-state index < -0.39 is 0 Å². The second-order valence-corrected chi connectivity index (χ2v) is 6.29. The van der Waals surface area contributed by atoms with Crippen LogP contribution in [-0.4, -0.2) is 21.5 Å². The van der Waals surface area contributed by atoms with Crippen molar-refractivity contribution in [1.82, 2.24) is 15.0 Å². The summed E-state index contributed by atoms with van der Waals surface area (Å²) < 4.78 is 1.17. The molecule has 0 radical (unpaired) electrons. The highest BCUT2D eigenvalue weighted by Crippen LogP contribution is 2.23. The van der Waals surface area contributed by atoms with Crippen LogP contribution in [0, 0.1) is 13.8 Å². The van der Waals surface area contributed by atoms with Crippen LogP contribution in [0.15, 0.2) is 22.7 Å². The van der Waals surface area contributed by atoms with E-state index in [9.17, 15) is 0 Å². The van der Waals surface area contributed by atoms with Crippen LogP contribution >= 0.6 is 15.9 Å². The van der Waals surface area contributed by atoms with E-state index in [1.165, 1.54) is 15.6 Å². The van der Waals surface area contributed by atoms with Crippen molar-refractivity contribution in [2.45, 2.75) is 40.0 Å². The molecule has 1 N–H and O–H groups in total. The number of aryl methyl sites for hydroxylation is 2. The third kappa shape index (κ3) is 4.49. The van der Waals surface area contributed by atoms with Gasteiger partial charge in [-0.05, 0) is 43.4 Å². The van der Waals surface area contributed by atoms with Crippen molar-refractivity contribution in [2.75, 3.05) is 11.9 Å². The van der Waals surface area contributed by atoms with Gasteiger partial charge in [0.2, 0.25) is 5.95 Å². The Bertz CT molecular complexity index is 605. The number of aromatic nitrogens is 3. The quantitative estimate of drug-likeness (QED) is 0.886.